The maximum Gasteiger partial charge on any atom is 0.490 e. The van der Waals surface area contributed by atoms with Gasteiger partial charge in [0, 0.05) is 37.3 Å². The summed E-state index contributed by atoms with van der Waals surface area (Å²) < 4.78 is 31.7. The van der Waals surface area contributed by atoms with Gasteiger partial charge in [-0.25, -0.2) is 14.8 Å². The van der Waals surface area contributed by atoms with E-state index in [4.69, 9.17) is 9.90 Å². The van der Waals surface area contributed by atoms with E-state index in [9.17, 15) is 13.2 Å². The van der Waals surface area contributed by atoms with E-state index in [2.05, 4.69) is 44.9 Å². The van der Waals surface area contributed by atoms with Crippen LogP contribution in [0.2, 0.25) is 0 Å². The molecule has 1 aromatic carbocycles. The molecule has 0 saturated heterocycles. The minimum atomic E-state index is -5.08. The first-order chi connectivity index (χ1) is 12.8. The molecular weight excluding hydrogens is 361 g/mol. The molecule has 0 bridgehead atoms. The number of carbonyl (C=O) groups is 1. The average molecular weight is 380 g/mol. The summed E-state index contributed by atoms with van der Waals surface area (Å²) in [5.74, 6) is -1.98. The molecule has 0 unspecified atom stereocenters. The minimum absolute atomic E-state index is 0.423. The number of hydrogen-bond acceptors (Lipinski definition) is 5. The van der Waals surface area contributed by atoms with Crippen LogP contribution in [0.15, 0.2) is 30.5 Å². The fraction of sp³-hybridized carbons (Fsp3) is 0.389. The molecule has 1 aliphatic heterocycles. The Kier molecular flexibility index (Phi) is 5.59. The number of nitrogens with one attached hydrogen (secondary N) is 2. The quantitative estimate of drug-likeness (QED) is 0.741. The monoisotopic (exact) mass is 380 g/mol. The van der Waals surface area contributed by atoms with Crippen LogP contribution in [0.3, 0.4) is 0 Å². The molecule has 1 aromatic heterocycles. The lowest BCUT2D eigenvalue weighted by Crippen LogP contribution is -2.26. The maximum absolute atomic E-state index is 10.6. The number of carboxylic acids is 1. The summed E-state index contributed by atoms with van der Waals surface area (Å²) in [5, 5.41) is 14.0. The van der Waals surface area contributed by atoms with Crippen molar-refractivity contribution in [2.24, 2.45) is 0 Å². The Morgan fingerprint density at radius 3 is 2.41 bits per heavy atom. The van der Waals surface area contributed by atoms with Crippen molar-refractivity contribution in [3.05, 3.63) is 52.8 Å². The zero-order valence-electron chi connectivity index (χ0n) is 14.4. The number of benzene rings is 1. The number of fused-ring (bicyclic) bond motifs is 2. The van der Waals surface area contributed by atoms with Gasteiger partial charge in [-0.15, -0.1) is 0 Å². The molecule has 9 heteroatoms. The zero-order valence-corrected chi connectivity index (χ0v) is 14.4. The van der Waals surface area contributed by atoms with Crippen LogP contribution >= 0.6 is 0 Å². The third kappa shape index (κ3) is 4.94. The van der Waals surface area contributed by atoms with Crippen LogP contribution in [0.5, 0.6) is 0 Å². The number of aromatic nitrogens is 2. The summed E-state index contributed by atoms with van der Waals surface area (Å²) in [6.45, 7) is 1.91. The summed E-state index contributed by atoms with van der Waals surface area (Å²) in [6.07, 6.45) is 0.00664. The van der Waals surface area contributed by atoms with Crippen LogP contribution in [0, 0.1) is 0 Å². The highest BCUT2D eigenvalue weighted by molar-refractivity contribution is 5.73. The number of rotatable bonds is 2. The summed E-state index contributed by atoms with van der Waals surface area (Å²) in [4.78, 5) is 18.0. The van der Waals surface area contributed by atoms with E-state index in [1.807, 2.05) is 6.20 Å². The van der Waals surface area contributed by atoms with Crippen molar-refractivity contribution in [2.75, 3.05) is 11.9 Å². The van der Waals surface area contributed by atoms with E-state index >= 15 is 0 Å². The van der Waals surface area contributed by atoms with Crippen molar-refractivity contribution < 1.29 is 23.1 Å². The van der Waals surface area contributed by atoms with E-state index < -0.39 is 12.1 Å². The molecule has 1 aliphatic carbocycles. The number of alkyl halides is 3. The van der Waals surface area contributed by atoms with E-state index in [1.165, 1.54) is 22.4 Å². The first kappa shape index (κ1) is 19.1. The van der Waals surface area contributed by atoms with Crippen molar-refractivity contribution in [3.63, 3.8) is 0 Å². The smallest absolute Gasteiger partial charge is 0.475 e. The number of nitrogens with zero attached hydrogens (tertiary/aromatic N) is 2. The lowest BCUT2D eigenvalue weighted by Gasteiger charge is -2.18. The molecule has 0 atom stereocenters. The fourth-order valence-electron chi connectivity index (χ4n) is 3.15. The summed E-state index contributed by atoms with van der Waals surface area (Å²) in [6, 6.07) is 9.09. The van der Waals surface area contributed by atoms with Crippen molar-refractivity contribution in [1.82, 2.24) is 15.3 Å². The van der Waals surface area contributed by atoms with Gasteiger partial charge in [-0.2, -0.15) is 13.2 Å². The highest BCUT2D eigenvalue weighted by Crippen LogP contribution is 2.24. The molecule has 27 heavy (non-hydrogen) atoms. The van der Waals surface area contributed by atoms with E-state index in [0.717, 1.165) is 38.3 Å². The molecule has 0 spiro atoms. The molecule has 0 radical (unpaired) electrons. The Bertz CT molecular complexity index is 801. The van der Waals surface area contributed by atoms with Gasteiger partial charge in [0.1, 0.15) is 0 Å². The molecule has 0 saturated carbocycles. The first-order valence-electron chi connectivity index (χ1n) is 8.52. The van der Waals surface area contributed by atoms with Gasteiger partial charge in [0.15, 0.2) is 0 Å². The molecular formula is C18H19F3N4O2. The van der Waals surface area contributed by atoms with Crippen molar-refractivity contribution >= 4 is 11.9 Å². The molecule has 2 heterocycles. The SMILES string of the molecule is O=C(O)C(F)(F)F.c1ccc2c(c1)CC(Nc1ncc3c(n1)CCNC3)C2. The van der Waals surface area contributed by atoms with Crippen LogP contribution in [-0.4, -0.2) is 39.8 Å². The second-order valence-electron chi connectivity index (χ2n) is 6.41. The van der Waals surface area contributed by atoms with E-state index in [1.54, 1.807) is 0 Å². The Morgan fingerprint density at radius 2 is 1.81 bits per heavy atom. The summed E-state index contributed by atoms with van der Waals surface area (Å²) in [5.41, 5.74) is 5.33. The van der Waals surface area contributed by atoms with Gasteiger partial charge >= 0.3 is 12.1 Å². The second kappa shape index (κ2) is 7.91. The number of halogens is 3. The average Bonchev–Trinajstić information content (AvgIpc) is 3.03. The van der Waals surface area contributed by atoms with E-state index in [0.29, 0.717) is 6.04 Å². The second-order valence-corrected chi connectivity index (χ2v) is 6.41. The number of hydrogen-bond donors (Lipinski definition) is 3. The summed E-state index contributed by atoms with van der Waals surface area (Å²) >= 11 is 0. The molecule has 144 valence electrons. The van der Waals surface area contributed by atoms with Gasteiger partial charge in [0.25, 0.3) is 0 Å². The number of carboxylic acid groups (broad SMARTS) is 1. The normalized spacial score (nSPS) is 16.0. The molecule has 3 N–H and O–H groups in total. The van der Waals surface area contributed by atoms with Crippen LogP contribution in [-0.2, 0) is 30.6 Å². The van der Waals surface area contributed by atoms with Gasteiger partial charge in [0.2, 0.25) is 5.95 Å². The zero-order chi connectivity index (χ0) is 19.4. The highest BCUT2D eigenvalue weighted by atomic mass is 19.4. The topological polar surface area (TPSA) is 87.1 Å². The highest BCUT2D eigenvalue weighted by Gasteiger charge is 2.38. The molecule has 0 fully saturated rings. The lowest BCUT2D eigenvalue weighted by atomic mass is 10.1. The lowest BCUT2D eigenvalue weighted by molar-refractivity contribution is -0.192. The third-order valence-corrected chi connectivity index (χ3v) is 4.43. The van der Waals surface area contributed by atoms with Crippen LogP contribution in [0.25, 0.3) is 0 Å². The van der Waals surface area contributed by atoms with E-state index in [-0.39, 0.29) is 0 Å². The molecule has 4 rings (SSSR count). The Balaban J connectivity index is 0.000000260. The van der Waals surface area contributed by atoms with Crippen molar-refractivity contribution in [1.29, 1.82) is 0 Å². The van der Waals surface area contributed by atoms with Crippen LogP contribution in [0.4, 0.5) is 19.1 Å². The Labute approximate surface area is 153 Å². The fourth-order valence-corrected chi connectivity index (χ4v) is 3.15. The minimum Gasteiger partial charge on any atom is -0.475 e. The Morgan fingerprint density at radius 1 is 1.19 bits per heavy atom. The van der Waals surface area contributed by atoms with Crippen LogP contribution < -0.4 is 10.6 Å². The predicted molar refractivity (Wildman–Crippen MR) is 92.4 cm³/mol. The van der Waals surface area contributed by atoms with Gasteiger partial charge in [0.05, 0.1) is 5.69 Å². The van der Waals surface area contributed by atoms with Gasteiger partial charge < -0.3 is 15.7 Å². The molecule has 2 aliphatic rings. The first-order valence-corrected chi connectivity index (χ1v) is 8.52. The largest absolute Gasteiger partial charge is 0.490 e. The number of aliphatic carboxylic acids is 1. The molecule has 0 amide bonds. The van der Waals surface area contributed by atoms with Gasteiger partial charge in [-0.3, -0.25) is 0 Å². The Hall–Kier alpha value is -2.68. The van der Waals surface area contributed by atoms with Crippen LogP contribution in [0.1, 0.15) is 22.4 Å². The molecule has 6 nitrogen and oxygen atoms in total. The van der Waals surface area contributed by atoms with Gasteiger partial charge in [-0.1, -0.05) is 24.3 Å². The predicted octanol–water partition coefficient (Wildman–Crippen LogP) is 2.33. The molecule has 2 aromatic rings. The van der Waals surface area contributed by atoms with Crippen molar-refractivity contribution in [2.45, 2.75) is 38.0 Å². The third-order valence-electron chi connectivity index (χ3n) is 4.43. The van der Waals surface area contributed by atoms with Gasteiger partial charge in [-0.05, 0) is 24.0 Å². The number of anilines is 1. The standard InChI is InChI=1S/C16H18N4.C2HF3O2/c1-2-4-12-8-14(7-11(12)3-1)19-16-18-10-13-9-17-6-5-15(13)20-16;3-2(4,5)1(6)7/h1-4,10,14,17H,5-9H2,(H,18,19,20);(H,6,7). The summed E-state index contributed by atoms with van der Waals surface area (Å²) in [7, 11) is 0. The van der Waals surface area contributed by atoms with Crippen molar-refractivity contribution in [3.8, 4) is 0 Å². The maximum atomic E-state index is 10.6.